The molecule has 0 fully saturated rings. The van der Waals surface area contributed by atoms with Crippen LogP contribution in [0.15, 0.2) is 35.9 Å². The second-order valence-electron chi connectivity index (χ2n) is 5.78. The van der Waals surface area contributed by atoms with Gasteiger partial charge in [-0.3, -0.25) is 4.79 Å². The standard InChI is InChI=1S/C18H26N2O/c1-15-6-5-9-17(14-15)20-18(21)11-13-19-12-10-16-7-3-2-4-8-16/h5-7,9,14,19H,2-4,8,10-13H2,1H3,(H,20,21). The molecule has 0 saturated carbocycles. The molecule has 0 saturated heterocycles. The van der Waals surface area contributed by atoms with E-state index in [2.05, 4.69) is 16.7 Å². The first-order chi connectivity index (χ1) is 10.2. The van der Waals surface area contributed by atoms with Crippen LogP contribution in [0.1, 0.15) is 44.1 Å². The summed E-state index contributed by atoms with van der Waals surface area (Å²) in [7, 11) is 0. The first kappa shape index (κ1) is 15.8. The lowest BCUT2D eigenvalue weighted by atomic mass is 9.97. The van der Waals surface area contributed by atoms with Crippen LogP contribution in [0.5, 0.6) is 0 Å². The Kier molecular flexibility index (Phi) is 6.48. The Morgan fingerprint density at radius 2 is 2.14 bits per heavy atom. The minimum absolute atomic E-state index is 0.0741. The van der Waals surface area contributed by atoms with Crippen LogP contribution in [0.4, 0.5) is 5.69 Å². The highest BCUT2D eigenvalue weighted by molar-refractivity contribution is 5.90. The molecule has 0 aromatic heterocycles. The van der Waals surface area contributed by atoms with Crippen molar-refractivity contribution in [3.8, 4) is 0 Å². The van der Waals surface area contributed by atoms with Gasteiger partial charge in [0, 0.05) is 18.7 Å². The number of allylic oxidation sites excluding steroid dienone is 1. The van der Waals surface area contributed by atoms with E-state index >= 15 is 0 Å². The zero-order valence-electron chi connectivity index (χ0n) is 13.0. The second-order valence-corrected chi connectivity index (χ2v) is 5.78. The van der Waals surface area contributed by atoms with Crippen LogP contribution < -0.4 is 10.6 Å². The lowest BCUT2D eigenvalue weighted by Crippen LogP contribution is -2.23. The first-order valence-corrected chi connectivity index (χ1v) is 7.99. The largest absolute Gasteiger partial charge is 0.326 e. The molecule has 0 atom stereocenters. The Hall–Kier alpha value is -1.61. The van der Waals surface area contributed by atoms with E-state index in [9.17, 15) is 4.79 Å². The number of aryl methyl sites for hydroxylation is 1. The molecule has 0 heterocycles. The number of hydrogen-bond donors (Lipinski definition) is 2. The summed E-state index contributed by atoms with van der Waals surface area (Å²) < 4.78 is 0. The molecule has 114 valence electrons. The van der Waals surface area contributed by atoms with E-state index in [1.54, 1.807) is 5.57 Å². The molecule has 1 aliphatic rings. The number of benzene rings is 1. The number of amides is 1. The van der Waals surface area contributed by atoms with Gasteiger partial charge in [0.2, 0.25) is 5.91 Å². The van der Waals surface area contributed by atoms with Crippen LogP contribution in [-0.2, 0) is 4.79 Å². The summed E-state index contributed by atoms with van der Waals surface area (Å²) in [5.74, 6) is 0.0741. The van der Waals surface area contributed by atoms with Gasteiger partial charge in [-0.1, -0.05) is 23.8 Å². The van der Waals surface area contributed by atoms with Gasteiger partial charge in [-0.05, 0) is 63.3 Å². The monoisotopic (exact) mass is 286 g/mol. The second kappa shape index (κ2) is 8.63. The normalized spacial score (nSPS) is 14.6. The summed E-state index contributed by atoms with van der Waals surface area (Å²) in [6.07, 6.45) is 9.21. The highest BCUT2D eigenvalue weighted by Gasteiger charge is 2.04. The molecule has 0 unspecified atom stereocenters. The van der Waals surface area contributed by atoms with E-state index < -0.39 is 0 Å². The van der Waals surface area contributed by atoms with Gasteiger partial charge < -0.3 is 10.6 Å². The maximum Gasteiger partial charge on any atom is 0.225 e. The van der Waals surface area contributed by atoms with Crippen LogP contribution in [0.25, 0.3) is 0 Å². The van der Waals surface area contributed by atoms with Gasteiger partial charge in [0.15, 0.2) is 0 Å². The Labute approximate surface area is 127 Å². The van der Waals surface area contributed by atoms with Crippen molar-refractivity contribution in [2.45, 2.75) is 45.4 Å². The number of nitrogens with one attached hydrogen (secondary N) is 2. The molecule has 3 heteroatoms. The zero-order valence-corrected chi connectivity index (χ0v) is 13.0. The molecular weight excluding hydrogens is 260 g/mol. The number of hydrogen-bond acceptors (Lipinski definition) is 2. The van der Waals surface area contributed by atoms with Gasteiger partial charge in [-0.2, -0.15) is 0 Å². The highest BCUT2D eigenvalue weighted by Crippen LogP contribution is 2.19. The maximum atomic E-state index is 11.8. The Bertz CT molecular complexity index is 494. The Morgan fingerprint density at radius 1 is 1.24 bits per heavy atom. The van der Waals surface area contributed by atoms with Gasteiger partial charge in [0.1, 0.15) is 0 Å². The fourth-order valence-electron chi connectivity index (χ4n) is 2.65. The van der Waals surface area contributed by atoms with Crippen molar-refractivity contribution in [2.75, 3.05) is 18.4 Å². The first-order valence-electron chi connectivity index (χ1n) is 7.99. The molecule has 2 rings (SSSR count). The lowest BCUT2D eigenvalue weighted by Gasteiger charge is -2.13. The van der Waals surface area contributed by atoms with E-state index in [0.717, 1.165) is 30.8 Å². The van der Waals surface area contributed by atoms with Gasteiger partial charge in [-0.15, -0.1) is 0 Å². The molecule has 1 aromatic rings. The van der Waals surface area contributed by atoms with Gasteiger partial charge in [0.05, 0.1) is 0 Å². The maximum absolute atomic E-state index is 11.8. The number of rotatable bonds is 7. The van der Waals surface area contributed by atoms with Gasteiger partial charge in [-0.25, -0.2) is 0 Å². The van der Waals surface area contributed by atoms with Crippen LogP contribution in [0.3, 0.4) is 0 Å². The topological polar surface area (TPSA) is 41.1 Å². The molecule has 21 heavy (non-hydrogen) atoms. The smallest absolute Gasteiger partial charge is 0.225 e. The average molecular weight is 286 g/mol. The molecule has 1 aliphatic carbocycles. The predicted octanol–water partition coefficient (Wildman–Crippen LogP) is 3.80. The molecule has 2 N–H and O–H groups in total. The van der Waals surface area contributed by atoms with Crippen LogP contribution in [0.2, 0.25) is 0 Å². The summed E-state index contributed by atoms with van der Waals surface area (Å²) in [6.45, 7) is 3.74. The zero-order chi connectivity index (χ0) is 14.9. The third-order valence-corrected chi connectivity index (χ3v) is 3.84. The van der Waals surface area contributed by atoms with E-state index in [4.69, 9.17) is 0 Å². The molecule has 0 radical (unpaired) electrons. The van der Waals surface area contributed by atoms with E-state index in [1.165, 1.54) is 25.7 Å². The van der Waals surface area contributed by atoms with Crippen molar-refractivity contribution in [2.24, 2.45) is 0 Å². The molecule has 0 aliphatic heterocycles. The summed E-state index contributed by atoms with van der Waals surface area (Å²) >= 11 is 0. The molecule has 0 spiro atoms. The Balaban J connectivity index is 1.58. The van der Waals surface area contributed by atoms with Crippen molar-refractivity contribution in [1.82, 2.24) is 5.32 Å². The average Bonchev–Trinajstić information content (AvgIpc) is 2.48. The van der Waals surface area contributed by atoms with E-state index in [0.29, 0.717) is 6.42 Å². The van der Waals surface area contributed by atoms with Crippen molar-refractivity contribution < 1.29 is 4.79 Å². The van der Waals surface area contributed by atoms with Gasteiger partial charge >= 0.3 is 0 Å². The Morgan fingerprint density at radius 3 is 2.90 bits per heavy atom. The van der Waals surface area contributed by atoms with Crippen LogP contribution in [0, 0.1) is 6.92 Å². The third kappa shape index (κ3) is 6.13. The van der Waals surface area contributed by atoms with E-state index in [-0.39, 0.29) is 5.91 Å². The van der Waals surface area contributed by atoms with Crippen molar-refractivity contribution in [1.29, 1.82) is 0 Å². The molecule has 0 bridgehead atoms. The fraction of sp³-hybridized carbons (Fsp3) is 0.500. The molecular formula is C18H26N2O. The van der Waals surface area contributed by atoms with Crippen molar-refractivity contribution >= 4 is 11.6 Å². The third-order valence-electron chi connectivity index (χ3n) is 3.84. The fourth-order valence-corrected chi connectivity index (χ4v) is 2.65. The SMILES string of the molecule is Cc1cccc(NC(=O)CCNCCC2=CCCCC2)c1. The highest BCUT2D eigenvalue weighted by atomic mass is 16.1. The van der Waals surface area contributed by atoms with Crippen LogP contribution in [-0.4, -0.2) is 19.0 Å². The number of carbonyl (C=O) groups excluding carboxylic acids is 1. The summed E-state index contributed by atoms with van der Waals surface area (Å²) in [4.78, 5) is 11.8. The number of anilines is 1. The molecule has 1 amide bonds. The summed E-state index contributed by atoms with van der Waals surface area (Å²) in [6, 6.07) is 7.90. The van der Waals surface area contributed by atoms with Crippen molar-refractivity contribution in [3.63, 3.8) is 0 Å². The minimum Gasteiger partial charge on any atom is -0.326 e. The minimum atomic E-state index is 0.0741. The van der Waals surface area contributed by atoms with Crippen molar-refractivity contribution in [3.05, 3.63) is 41.5 Å². The lowest BCUT2D eigenvalue weighted by molar-refractivity contribution is -0.116. The summed E-state index contributed by atoms with van der Waals surface area (Å²) in [5.41, 5.74) is 3.62. The quantitative estimate of drug-likeness (QED) is 0.591. The summed E-state index contributed by atoms with van der Waals surface area (Å²) in [5, 5.41) is 6.29. The van der Waals surface area contributed by atoms with Crippen LogP contribution >= 0.6 is 0 Å². The number of carbonyl (C=O) groups is 1. The van der Waals surface area contributed by atoms with E-state index in [1.807, 2.05) is 31.2 Å². The molecule has 3 nitrogen and oxygen atoms in total. The predicted molar refractivity (Wildman–Crippen MR) is 88.5 cm³/mol. The van der Waals surface area contributed by atoms with Gasteiger partial charge in [0.25, 0.3) is 0 Å². The molecule has 1 aromatic carbocycles.